The van der Waals surface area contributed by atoms with Crippen LogP contribution >= 0.6 is 0 Å². The number of nitrogens with one attached hydrogen (secondary N) is 1. The van der Waals surface area contributed by atoms with Crippen LogP contribution in [0.15, 0.2) is 65.6 Å². The number of amides is 1. The van der Waals surface area contributed by atoms with E-state index < -0.39 is 22.9 Å². The molecule has 194 valence electrons. The Labute approximate surface area is 216 Å². The second-order valence-corrected chi connectivity index (χ2v) is 8.47. The fourth-order valence-corrected chi connectivity index (χ4v) is 4.24. The number of ketones is 1. The first kappa shape index (κ1) is 24.8. The van der Waals surface area contributed by atoms with Crippen LogP contribution in [-0.4, -0.2) is 43.7 Å². The summed E-state index contributed by atoms with van der Waals surface area (Å²) in [4.78, 5) is 39.7. The Morgan fingerprint density at radius 3 is 2.34 bits per heavy atom. The van der Waals surface area contributed by atoms with Crippen molar-refractivity contribution in [3.63, 3.8) is 0 Å². The van der Waals surface area contributed by atoms with Crippen molar-refractivity contribution in [1.29, 1.82) is 0 Å². The van der Waals surface area contributed by atoms with E-state index in [1.807, 2.05) is 0 Å². The Morgan fingerprint density at radius 1 is 0.947 bits per heavy atom. The van der Waals surface area contributed by atoms with Crippen LogP contribution in [0.3, 0.4) is 0 Å². The molecule has 0 saturated heterocycles. The van der Waals surface area contributed by atoms with Crippen LogP contribution in [0.2, 0.25) is 0 Å². The molecular formula is C28H23FN2O7. The Hall–Kier alpha value is -4.86. The van der Waals surface area contributed by atoms with Crippen LogP contribution in [0.25, 0.3) is 10.9 Å². The Kier molecular flexibility index (Phi) is 6.69. The molecule has 0 aliphatic carbocycles. The quantitative estimate of drug-likeness (QED) is 0.371. The molecule has 1 aromatic heterocycles. The number of methoxy groups -OCH3 is 2. The average Bonchev–Trinajstić information content (AvgIpc) is 2.93. The van der Waals surface area contributed by atoms with Crippen LogP contribution in [0, 0.1) is 5.82 Å². The number of carbonyl (C=O) groups excluding carboxylic acids is 2. The first-order chi connectivity index (χ1) is 18.4. The first-order valence-corrected chi connectivity index (χ1v) is 11.7. The molecule has 2 heterocycles. The molecular weight excluding hydrogens is 495 g/mol. The van der Waals surface area contributed by atoms with E-state index in [0.29, 0.717) is 41.7 Å². The lowest BCUT2D eigenvalue weighted by Crippen LogP contribution is -2.24. The molecule has 1 amide bonds. The number of rotatable bonds is 7. The van der Waals surface area contributed by atoms with Crippen molar-refractivity contribution >= 4 is 28.3 Å². The fourth-order valence-electron chi connectivity index (χ4n) is 4.24. The van der Waals surface area contributed by atoms with Crippen LogP contribution < -0.4 is 29.7 Å². The van der Waals surface area contributed by atoms with Crippen LogP contribution in [-0.2, 0) is 11.3 Å². The molecule has 38 heavy (non-hydrogen) atoms. The summed E-state index contributed by atoms with van der Waals surface area (Å²) < 4.78 is 36.7. The number of ether oxygens (including phenoxy) is 4. The van der Waals surface area contributed by atoms with Gasteiger partial charge in [-0.25, -0.2) is 4.39 Å². The van der Waals surface area contributed by atoms with Gasteiger partial charge in [0.25, 0.3) is 0 Å². The van der Waals surface area contributed by atoms with Gasteiger partial charge in [0.1, 0.15) is 25.6 Å². The highest BCUT2D eigenvalue weighted by molar-refractivity contribution is 6.10. The highest BCUT2D eigenvalue weighted by atomic mass is 19.1. The summed E-state index contributed by atoms with van der Waals surface area (Å²) in [7, 11) is 2.88. The molecule has 0 bridgehead atoms. The molecule has 3 aromatic carbocycles. The zero-order chi connectivity index (χ0) is 26.8. The van der Waals surface area contributed by atoms with E-state index in [2.05, 4.69) is 5.32 Å². The number of nitrogens with zero attached hydrogens (tertiary/aromatic N) is 1. The predicted octanol–water partition coefficient (Wildman–Crippen LogP) is 3.80. The summed E-state index contributed by atoms with van der Waals surface area (Å²) in [5.41, 5.74) is 0.255. The predicted molar refractivity (Wildman–Crippen MR) is 137 cm³/mol. The average molecular weight is 518 g/mol. The van der Waals surface area contributed by atoms with Crippen molar-refractivity contribution in [3.8, 4) is 23.0 Å². The molecule has 1 N–H and O–H groups in total. The molecule has 0 unspecified atom stereocenters. The summed E-state index contributed by atoms with van der Waals surface area (Å²) >= 11 is 0. The van der Waals surface area contributed by atoms with E-state index in [9.17, 15) is 18.8 Å². The monoisotopic (exact) mass is 518 g/mol. The van der Waals surface area contributed by atoms with Gasteiger partial charge < -0.3 is 28.8 Å². The van der Waals surface area contributed by atoms with Crippen molar-refractivity contribution in [2.24, 2.45) is 0 Å². The van der Waals surface area contributed by atoms with Crippen molar-refractivity contribution < 1.29 is 32.9 Å². The van der Waals surface area contributed by atoms with Gasteiger partial charge in [0, 0.05) is 29.6 Å². The third-order valence-corrected chi connectivity index (χ3v) is 6.08. The number of hydrogen-bond donors (Lipinski definition) is 1. The largest absolute Gasteiger partial charge is 0.493 e. The third kappa shape index (κ3) is 4.75. The Bertz CT molecular complexity index is 1610. The lowest BCUT2D eigenvalue weighted by atomic mass is 10.0. The van der Waals surface area contributed by atoms with E-state index in [-0.39, 0.29) is 28.8 Å². The number of benzene rings is 3. The minimum Gasteiger partial charge on any atom is -0.493 e. The van der Waals surface area contributed by atoms with E-state index in [1.165, 1.54) is 43.2 Å². The van der Waals surface area contributed by atoms with Gasteiger partial charge in [-0.2, -0.15) is 0 Å². The van der Waals surface area contributed by atoms with E-state index in [0.717, 1.165) is 12.1 Å². The molecule has 0 saturated carbocycles. The van der Waals surface area contributed by atoms with Gasteiger partial charge in [0.15, 0.2) is 28.8 Å². The lowest BCUT2D eigenvalue weighted by Gasteiger charge is -2.19. The number of hydrogen-bond acceptors (Lipinski definition) is 7. The van der Waals surface area contributed by atoms with Gasteiger partial charge >= 0.3 is 0 Å². The Balaban J connectivity index is 1.55. The molecule has 9 nitrogen and oxygen atoms in total. The summed E-state index contributed by atoms with van der Waals surface area (Å²) in [5, 5.41) is 2.96. The van der Waals surface area contributed by atoms with Crippen molar-refractivity contribution in [3.05, 3.63) is 88.0 Å². The van der Waals surface area contributed by atoms with Crippen LogP contribution in [0.5, 0.6) is 23.0 Å². The highest BCUT2D eigenvalue weighted by Gasteiger charge is 2.21. The number of halogens is 1. The van der Waals surface area contributed by atoms with Gasteiger partial charge in [0.05, 0.1) is 30.7 Å². The van der Waals surface area contributed by atoms with Crippen LogP contribution in [0.4, 0.5) is 10.1 Å². The van der Waals surface area contributed by atoms with E-state index in [1.54, 1.807) is 24.3 Å². The van der Waals surface area contributed by atoms with Gasteiger partial charge in [-0.3, -0.25) is 14.4 Å². The molecule has 0 spiro atoms. The smallest absolute Gasteiger partial charge is 0.244 e. The van der Waals surface area contributed by atoms with Crippen LogP contribution in [0.1, 0.15) is 15.9 Å². The normalized spacial score (nSPS) is 12.2. The number of anilines is 1. The van der Waals surface area contributed by atoms with Crippen molar-refractivity contribution in [2.75, 3.05) is 32.8 Å². The maximum atomic E-state index is 13.4. The maximum absolute atomic E-state index is 13.4. The van der Waals surface area contributed by atoms with Crippen molar-refractivity contribution in [2.45, 2.75) is 6.54 Å². The molecule has 4 aromatic rings. The summed E-state index contributed by atoms with van der Waals surface area (Å²) in [5.74, 6) is 0.214. The van der Waals surface area contributed by atoms with Gasteiger partial charge in [0.2, 0.25) is 11.3 Å². The second kappa shape index (κ2) is 10.3. The topological polar surface area (TPSA) is 105 Å². The van der Waals surface area contributed by atoms with E-state index >= 15 is 0 Å². The molecule has 1 aliphatic rings. The first-order valence-electron chi connectivity index (χ1n) is 11.7. The molecule has 0 atom stereocenters. The summed E-state index contributed by atoms with van der Waals surface area (Å²) in [6, 6.07) is 13.0. The number of fused-ring (bicyclic) bond motifs is 2. The molecule has 0 radical (unpaired) electrons. The van der Waals surface area contributed by atoms with E-state index in [4.69, 9.17) is 18.9 Å². The number of pyridine rings is 1. The maximum Gasteiger partial charge on any atom is 0.244 e. The van der Waals surface area contributed by atoms with Gasteiger partial charge in [-0.15, -0.1) is 0 Å². The lowest BCUT2D eigenvalue weighted by molar-refractivity contribution is -0.116. The summed E-state index contributed by atoms with van der Waals surface area (Å²) in [6.07, 6.45) is 1.33. The highest BCUT2D eigenvalue weighted by Crippen LogP contribution is 2.33. The third-order valence-electron chi connectivity index (χ3n) is 6.08. The zero-order valence-electron chi connectivity index (χ0n) is 20.6. The SMILES string of the molecule is COc1cc2c(=O)c(C(=O)c3ccc(F)cc3)cn(CC(=O)Nc3ccc4c(c3)OCCO4)c2cc1OC. The van der Waals surface area contributed by atoms with Crippen molar-refractivity contribution in [1.82, 2.24) is 4.57 Å². The molecule has 0 fully saturated rings. The molecule has 5 rings (SSSR count). The fraction of sp³-hybridized carbons (Fsp3) is 0.179. The molecule has 1 aliphatic heterocycles. The second-order valence-electron chi connectivity index (χ2n) is 8.47. The Morgan fingerprint density at radius 2 is 1.63 bits per heavy atom. The minimum absolute atomic E-state index is 0.135. The van der Waals surface area contributed by atoms with Gasteiger partial charge in [-0.05, 0) is 42.5 Å². The molecule has 10 heteroatoms. The number of aromatic nitrogens is 1. The summed E-state index contributed by atoms with van der Waals surface area (Å²) in [6.45, 7) is 0.625. The zero-order valence-corrected chi connectivity index (χ0v) is 20.6. The van der Waals surface area contributed by atoms with Gasteiger partial charge in [-0.1, -0.05) is 0 Å². The standard InChI is InChI=1S/C28H23FN2O7/c1-35-23-12-19-21(13-24(23)36-2)31(14-20(28(19)34)27(33)16-3-5-17(29)6-4-16)15-26(32)30-18-7-8-22-25(11-18)38-10-9-37-22/h3-8,11-14H,9-10,15H2,1-2H3,(H,30,32). The number of carbonyl (C=O) groups is 2. The minimum atomic E-state index is -0.604.